The van der Waals surface area contributed by atoms with Crippen molar-refractivity contribution in [1.29, 1.82) is 0 Å². The second-order valence-electron chi connectivity index (χ2n) is 3.46. The maximum absolute atomic E-state index is 11.8. The highest BCUT2D eigenvalue weighted by atomic mass is 16.5. The Morgan fingerprint density at radius 3 is 2.59 bits per heavy atom. The summed E-state index contributed by atoms with van der Waals surface area (Å²) in [5.74, 6) is 1.08. The molecular formula is C12H12N2O3. The molecular weight excluding hydrogens is 220 g/mol. The van der Waals surface area contributed by atoms with Gasteiger partial charge in [-0.1, -0.05) is 0 Å². The van der Waals surface area contributed by atoms with Crippen LogP contribution in [-0.4, -0.2) is 18.0 Å². The lowest BCUT2D eigenvalue weighted by atomic mass is 10.2. The summed E-state index contributed by atoms with van der Waals surface area (Å²) in [6.45, 7) is 1.76. The lowest BCUT2D eigenvalue weighted by Crippen LogP contribution is -2.11. The van der Waals surface area contributed by atoms with Crippen LogP contribution in [-0.2, 0) is 0 Å². The topological polar surface area (TPSA) is 64.4 Å². The molecule has 1 aromatic carbocycles. The fourth-order valence-electron chi connectivity index (χ4n) is 1.32. The summed E-state index contributed by atoms with van der Waals surface area (Å²) >= 11 is 0. The molecule has 0 radical (unpaired) electrons. The van der Waals surface area contributed by atoms with Crippen molar-refractivity contribution in [3.63, 3.8) is 0 Å². The summed E-state index contributed by atoms with van der Waals surface area (Å²) in [7, 11) is 1.57. The molecule has 0 fully saturated rings. The molecule has 0 aliphatic rings. The van der Waals surface area contributed by atoms with Gasteiger partial charge in [0.1, 0.15) is 11.5 Å². The minimum atomic E-state index is -0.269. The van der Waals surface area contributed by atoms with Crippen molar-refractivity contribution in [2.75, 3.05) is 12.4 Å². The van der Waals surface area contributed by atoms with Crippen molar-refractivity contribution in [1.82, 2.24) is 4.98 Å². The van der Waals surface area contributed by atoms with Crippen LogP contribution < -0.4 is 10.1 Å². The van der Waals surface area contributed by atoms with Crippen LogP contribution in [0.15, 0.2) is 34.9 Å². The van der Waals surface area contributed by atoms with E-state index in [1.165, 1.54) is 0 Å². The Bertz CT molecular complexity index is 517. The average molecular weight is 232 g/mol. The molecule has 0 spiro atoms. The summed E-state index contributed by atoms with van der Waals surface area (Å²) in [6, 6.07) is 6.97. The maximum Gasteiger partial charge on any atom is 0.301 e. The van der Waals surface area contributed by atoms with Crippen molar-refractivity contribution in [3.05, 3.63) is 41.8 Å². The van der Waals surface area contributed by atoms with E-state index in [9.17, 15) is 4.79 Å². The standard InChI is InChI=1S/C12H12N2O3/c1-8-7-13-12(17-8)14-11(15)9-3-5-10(16-2)6-4-9/h3-7H,1-2H3,(H,13,14,15). The van der Waals surface area contributed by atoms with Crippen LogP contribution >= 0.6 is 0 Å². The van der Waals surface area contributed by atoms with Gasteiger partial charge in [-0.2, -0.15) is 0 Å². The Morgan fingerprint density at radius 1 is 1.35 bits per heavy atom. The molecule has 0 bridgehead atoms. The monoisotopic (exact) mass is 232 g/mol. The summed E-state index contributed by atoms with van der Waals surface area (Å²) in [5.41, 5.74) is 0.515. The maximum atomic E-state index is 11.8. The van der Waals surface area contributed by atoms with Gasteiger partial charge in [0.05, 0.1) is 13.3 Å². The van der Waals surface area contributed by atoms with Gasteiger partial charge in [-0.3, -0.25) is 10.1 Å². The van der Waals surface area contributed by atoms with Crippen LogP contribution in [0.1, 0.15) is 16.1 Å². The molecule has 1 N–H and O–H groups in total. The van der Waals surface area contributed by atoms with Gasteiger partial charge in [-0.05, 0) is 31.2 Å². The first-order valence-electron chi connectivity index (χ1n) is 5.07. The number of anilines is 1. The zero-order valence-corrected chi connectivity index (χ0v) is 9.56. The average Bonchev–Trinajstić information content (AvgIpc) is 2.75. The van der Waals surface area contributed by atoms with Gasteiger partial charge in [0.25, 0.3) is 5.91 Å². The highest BCUT2D eigenvalue weighted by molar-refractivity contribution is 6.03. The Kier molecular flexibility index (Phi) is 3.09. The molecule has 1 amide bonds. The predicted octanol–water partition coefficient (Wildman–Crippen LogP) is 2.24. The van der Waals surface area contributed by atoms with E-state index in [0.29, 0.717) is 17.1 Å². The minimum Gasteiger partial charge on any atom is -0.497 e. The number of amides is 1. The van der Waals surface area contributed by atoms with E-state index >= 15 is 0 Å². The van der Waals surface area contributed by atoms with E-state index in [-0.39, 0.29) is 11.9 Å². The number of aryl methyl sites for hydroxylation is 1. The van der Waals surface area contributed by atoms with Crippen molar-refractivity contribution in [2.24, 2.45) is 0 Å². The summed E-state index contributed by atoms with van der Waals surface area (Å²) in [6.07, 6.45) is 1.55. The number of carbonyl (C=O) groups is 1. The van der Waals surface area contributed by atoms with Crippen molar-refractivity contribution < 1.29 is 13.9 Å². The van der Waals surface area contributed by atoms with Crippen LogP contribution in [0.4, 0.5) is 6.01 Å². The molecule has 5 heteroatoms. The number of rotatable bonds is 3. The fraction of sp³-hybridized carbons (Fsp3) is 0.167. The molecule has 0 saturated carbocycles. The molecule has 0 unspecified atom stereocenters. The van der Waals surface area contributed by atoms with E-state index < -0.39 is 0 Å². The highest BCUT2D eigenvalue weighted by Crippen LogP contribution is 2.13. The van der Waals surface area contributed by atoms with Gasteiger partial charge in [0.15, 0.2) is 0 Å². The third kappa shape index (κ3) is 2.63. The lowest BCUT2D eigenvalue weighted by Gasteiger charge is -2.02. The smallest absolute Gasteiger partial charge is 0.301 e. The first-order valence-corrected chi connectivity index (χ1v) is 5.07. The lowest BCUT2D eigenvalue weighted by molar-refractivity contribution is 0.102. The first kappa shape index (κ1) is 11.2. The second kappa shape index (κ2) is 4.69. The van der Waals surface area contributed by atoms with Crippen LogP contribution in [0, 0.1) is 6.92 Å². The van der Waals surface area contributed by atoms with E-state index in [2.05, 4.69) is 10.3 Å². The number of methoxy groups -OCH3 is 1. The van der Waals surface area contributed by atoms with E-state index in [0.717, 1.165) is 0 Å². The molecule has 0 saturated heterocycles. The number of nitrogens with one attached hydrogen (secondary N) is 1. The number of hydrogen-bond acceptors (Lipinski definition) is 4. The van der Waals surface area contributed by atoms with Crippen LogP contribution in [0.5, 0.6) is 5.75 Å². The second-order valence-corrected chi connectivity index (χ2v) is 3.46. The molecule has 0 aliphatic heterocycles. The number of hydrogen-bond donors (Lipinski definition) is 1. The summed E-state index contributed by atoms with van der Waals surface area (Å²) < 4.78 is 10.2. The third-order valence-electron chi connectivity index (χ3n) is 2.19. The SMILES string of the molecule is COc1ccc(C(=O)Nc2ncc(C)o2)cc1. The van der Waals surface area contributed by atoms with Gasteiger partial charge in [0.2, 0.25) is 0 Å². The number of nitrogens with zero attached hydrogens (tertiary/aromatic N) is 1. The summed E-state index contributed by atoms with van der Waals surface area (Å²) in [5, 5.41) is 2.56. The number of ether oxygens (including phenoxy) is 1. The molecule has 17 heavy (non-hydrogen) atoms. The Balaban J connectivity index is 2.09. The zero-order valence-electron chi connectivity index (χ0n) is 9.56. The van der Waals surface area contributed by atoms with Crippen molar-refractivity contribution in [2.45, 2.75) is 6.92 Å². The molecule has 2 aromatic rings. The highest BCUT2D eigenvalue weighted by Gasteiger charge is 2.09. The van der Waals surface area contributed by atoms with Crippen molar-refractivity contribution >= 4 is 11.9 Å². The van der Waals surface area contributed by atoms with Crippen LogP contribution in [0.2, 0.25) is 0 Å². The molecule has 0 aliphatic carbocycles. The van der Waals surface area contributed by atoms with E-state index in [1.807, 2.05) is 0 Å². The Labute approximate surface area is 98.4 Å². The molecule has 0 atom stereocenters. The zero-order chi connectivity index (χ0) is 12.3. The van der Waals surface area contributed by atoms with Gasteiger partial charge in [-0.25, -0.2) is 4.98 Å². The van der Waals surface area contributed by atoms with Gasteiger partial charge in [0, 0.05) is 5.56 Å². The van der Waals surface area contributed by atoms with Crippen LogP contribution in [0.25, 0.3) is 0 Å². The largest absolute Gasteiger partial charge is 0.497 e. The Morgan fingerprint density at radius 2 is 2.06 bits per heavy atom. The normalized spacial score (nSPS) is 10.0. The van der Waals surface area contributed by atoms with Crippen LogP contribution in [0.3, 0.4) is 0 Å². The predicted molar refractivity (Wildman–Crippen MR) is 62.2 cm³/mol. The first-order chi connectivity index (χ1) is 8.19. The number of aromatic nitrogens is 1. The molecule has 1 heterocycles. The number of oxazole rings is 1. The quantitative estimate of drug-likeness (QED) is 0.881. The number of benzene rings is 1. The molecule has 5 nitrogen and oxygen atoms in total. The molecule has 88 valence electrons. The molecule has 2 rings (SSSR count). The summed E-state index contributed by atoms with van der Waals surface area (Å²) in [4.78, 5) is 15.7. The molecule has 1 aromatic heterocycles. The minimum absolute atomic E-state index is 0.198. The van der Waals surface area contributed by atoms with Gasteiger partial charge < -0.3 is 9.15 Å². The number of carbonyl (C=O) groups excluding carboxylic acids is 1. The fourth-order valence-corrected chi connectivity index (χ4v) is 1.32. The third-order valence-corrected chi connectivity index (χ3v) is 2.19. The Hall–Kier alpha value is -2.30. The van der Waals surface area contributed by atoms with Gasteiger partial charge in [-0.15, -0.1) is 0 Å². The van der Waals surface area contributed by atoms with Gasteiger partial charge >= 0.3 is 6.01 Å². The van der Waals surface area contributed by atoms with E-state index in [4.69, 9.17) is 9.15 Å². The van der Waals surface area contributed by atoms with E-state index in [1.54, 1.807) is 44.5 Å². The van der Waals surface area contributed by atoms with Crippen molar-refractivity contribution in [3.8, 4) is 5.75 Å².